The van der Waals surface area contributed by atoms with Gasteiger partial charge in [-0.05, 0) is 6.42 Å². The molecule has 0 aliphatic carbocycles. The molecule has 1 amide bonds. The molecule has 1 unspecified atom stereocenters. The van der Waals surface area contributed by atoms with E-state index in [1.54, 1.807) is 14.2 Å². The van der Waals surface area contributed by atoms with Crippen LogP contribution in [0, 0.1) is 0 Å². The molecule has 0 rings (SSSR count). The summed E-state index contributed by atoms with van der Waals surface area (Å²) in [6, 6.07) is -0.440. The van der Waals surface area contributed by atoms with Crippen molar-refractivity contribution in [1.82, 2.24) is 5.32 Å². The van der Waals surface area contributed by atoms with Gasteiger partial charge in [-0.2, -0.15) is 0 Å². The van der Waals surface area contributed by atoms with E-state index in [0.29, 0.717) is 13.0 Å². The van der Waals surface area contributed by atoms with Crippen LogP contribution < -0.4 is 11.1 Å². The summed E-state index contributed by atoms with van der Waals surface area (Å²) in [5.41, 5.74) is 5.42. The molecule has 0 fully saturated rings. The van der Waals surface area contributed by atoms with Gasteiger partial charge >= 0.3 is 0 Å². The number of methoxy groups -OCH3 is 1. The first-order chi connectivity index (χ1) is 4.72. The highest BCUT2D eigenvalue weighted by atomic mass is 16.5. The Hall–Kier alpha value is -0.610. The topological polar surface area (TPSA) is 64.4 Å². The molecule has 3 N–H and O–H groups in total. The molecule has 0 aromatic heterocycles. The van der Waals surface area contributed by atoms with Gasteiger partial charge in [0.15, 0.2) is 0 Å². The molecule has 0 heterocycles. The Labute approximate surface area is 60.7 Å². The predicted octanol–water partition coefficient (Wildman–Crippen LogP) is -0.904. The van der Waals surface area contributed by atoms with E-state index < -0.39 is 6.04 Å². The van der Waals surface area contributed by atoms with Gasteiger partial charge in [-0.3, -0.25) is 4.79 Å². The Morgan fingerprint density at radius 2 is 2.40 bits per heavy atom. The molecular weight excluding hydrogens is 132 g/mol. The first-order valence-corrected chi connectivity index (χ1v) is 3.18. The molecule has 1 atom stereocenters. The number of amides is 1. The molecule has 0 aromatic carbocycles. The van der Waals surface area contributed by atoms with Gasteiger partial charge < -0.3 is 15.8 Å². The fourth-order valence-corrected chi connectivity index (χ4v) is 0.561. The van der Waals surface area contributed by atoms with E-state index in [0.717, 1.165) is 0 Å². The Morgan fingerprint density at radius 3 is 2.80 bits per heavy atom. The van der Waals surface area contributed by atoms with Crippen LogP contribution in [0.2, 0.25) is 0 Å². The highest BCUT2D eigenvalue weighted by molar-refractivity contribution is 5.81. The third-order valence-electron chi connectivity index (χ3n) is 1.22. The van der Waals surface area contributed by atoms with E-state index in [1.807, 2.05) is 0 Å². The van der Waals surface area contributed by atoms with Crippen molar-refractivity contribution in [3.8, 4) is 0 Å². The summed E-state index contributed by atoms with van der Waals surface area (Å²) in [6.45, 7) is 0.522. The monoisotopic (exact) mass is 146 g/mol. The highest BCUT2D eigenvalue weighted by Gasteiger charge is 2.09. The summed E-state index contributed by atoms with van der Waals surface area (Å²) in [4.78, 5) is 10.7. The highest BCUT2D eigenvalue weighted by Crippen LogP contribution is 1.87. The maximum absolute atomic E-state index is 10.7. The van der Waals surface area contributed by atoms with Crippen LogP contribution in [0.25, 0.3) is 0 Å². The van der Waals surface area contributed by atoms with Crippen LogP contribution in [0.5, 0.6) is 0 Å². The van der Waals surface area contributed by atoms with Crippen LogP contribution in [0.4, 0.5) is 0 Å². The predicted molar refractivity (Wildman–Crippen MR) is 38.5 cm³/mol. The Kier molecular flexibility index (Phi) is 4.88. The molecule has 0 bridgehead atoms. The number of rotatable bonds is 4. The number of ether oxygens (including phenoxy) is 1. The van der Waals surface area contributed by atoms with Crippen molar-refractivity contribution in [2.24, 2.45) is 5.73 Å². The number of carbonyl (C=O) groups is 1. The quantitative estimate of drug-likeness (QED) is 0.540. The molecule has 10 heavy (non-hydrogen) atoms. The third kappa shape index (κ3) is 3.42. The first kappa shape index (κ1) is 9.39. The lowest BCUT2D eigenvalue weighted by Crippen LogP contribution is -2.39. The minimum atomic E-state index is -0.440. The van der Waals surface area contributed by atoms with Crippen molar-refractivity contribution >= 4 is 5.91 Å². The van der Waals surface area contributed by atoms with Crippen molar-refractivity contribution in [3.63, 3.8) is 0 Å². The van der Waals surface area contributed by atoms with Gasteiger partial charge in [0.05, 0.1) is 6.04 Å². The van der Waals surface area contributed by atoms with E-state index in [-0.39, 0.29) is 5.91 Å². The molecule has 0 saturated heterocycles. The molecule has 0 aromatic rings. The van der Waals surface area contributed by atoms with Crippen molar-refractivity contribution in [3.05, 3.63) is 0 Å². The fourth-order valence-electron chi connectivity index (χ4n) is 0.561. The zero-order valence-electron chi connectivity index (χ0n) is 6.39. The molecule has 0 aliphatic rings. The van der Waals surface area contributed by atoms with Gasteiger partial charge in [-0.1, -0.05) is 0 Å². The summed E-state index contributed by atoms with van der Waals surface area (Å²) in [6.07, 6.45) is 0.566. The molecule has 0 spiro atoms. The zero-order chi connectivity index (χ0) is 7.98. The molecule has 0 saturated carbocycles. The van der Waals surface area contributed by atoms with Crippen LogP contribution in [0.15, 0.2) is 0 Å². The lowest BCUT2D eigenvalue weighted by molar-refractivity contribution is -0.122. The molecule has 0 radical (unpaired) electrons. The van der Waals surface area contributed by atoms with Gasteiger partial charge in [0.25, 0.3) is 0 Å². The van der Waals surface area contributed by atoms with Gasteiger partial charge in [-0.15, -0.1) is 0 Å². The van der Waals surface area contributed by atoms with Crippen molar-refractivity contribution in [1.29, 1.82) is 0 Å². The lowest BCUT2D eigenvalue weighted by atomic mass is 10.2. The fraction of sp³-hybridized carbons (Fsp3) is 0.833. The van der Waals surface area contributed by atoms with Crippen molar-refractivity contribution in [2.45, 2.75) is 12.5 Å². The summed E-state index contributed by atoms with van der Waals surface area (Å²) >= 11 is 0. The molecule has 4 nitrogen and oxygen atoms in total. The van der Waals surface area contributed by atoms with Crippen molar-refractivity contribution in [2.75, 3.05) is 20.8 Å². The van der Waals surface area contributed by atoms with Crippen LogP contribution >= 0.6 is 0 Å². The van der Waals surface area contributed by atoms with E-state index in [2.05, 4.69) is 5.32 Å². The third-order valence-corrected chi connectivity index (χ3v) is 1.22. The molecule has 0 aliphatic heterocycles. The van der Waals surface area contributed by atoms with Crippen molar-refractivity contribution < 1.29 is 9.53 Å². The normalized spacial score (nSPS) is 12.7. The Balaban J connectivity index is 3.41. The molecule has 60 valence electrons. The standard InChI is InChI=1S/C6H14N2O2/c1-8-6(9)5(7)3-4-10-2/h5H,3-4,7H2,1-2H3,(H,8,9). The van der Waals surface area contributed by atoms with Crippen LogP contribution in [0.1, 0.15) is 6.42 Å². The summed E-state index contributed by atoms with van der Waals surface area (Å²) in [7, 11) is 3.14. The second-order valence-electron chi connectivity index (χ2n) is 2.00. The number of hydrogen-bond acceptors (Lipinski definition) is 3. The smallest absolute Gasteiger partial charge is 0.236 e. The van der Waals surface area contributed by atoms with Crippen LogP contribution in [0.3, 0.4) is 0 Å². The SMILES string of the molecule is CNC(=O)C(N)CCOC. The lowest BCUT2D eigenvalue weighted by Gasteiger charge is -2.07. The van der Waals surface area contributed by atoms with Crippen LogP contribution in [-0.4, -0.2) is 32.7 Å². The van der Waals surface area contributed by atoms with E-state index in [9.17, 15) is 4.79 Å². The van der Waals surface area contributed by atoms with E-state index in [4.69, 9.17) is 10.5 Å². The number of nitrogens with one attached hydrogen (secondary N) is 1. The minimum absolute atomic E-state index is 0.142. The second kappa shape index (κ2) is 5.20. The number of carbonyl (C=O) groups excluding carboxylic acids is 1. The summed E-state index contributed by atoms with van der Waals surface area (Å²) in [5.74, 6) is -0.142. The summed E-state index contributed by atoms with van der Waals surface area (Å²) in [5, 5.41) is 2.45. The average Bonchev–Trinajstić information content (AvgIpc) is 1.98. The number of hydrogen-bond donors (Lipinski definition) is 2. The van der Waals surface area contributed by atoms with E-state index >= 15 is 0 Å². The maximum Gasteiger partial charge on any atom is 0.236 e. The number of likely N-dealkylation sites (N-methyl/N-ethyl adjacent to an activating group) is 1. The van der Waals surface area contributed by atoms with Gasteiger partial charge in [-0.25, -0.2) is 0 Å². The first-order valence-electron chi connectivity index (χ1n) is 3.18. The molecule has 4 heteroatoms. The Bertz CT molecular complexity index is 106. The summed E-state index contributed by atoms with van der Waals surface area (Å²) < 4.78 is 4.75. The maximum atomic E-state index is 10.7. The zero-order valence-corrected chi connectivity index (χ0v) is 6.39. The van der Waals surface area contributed by atoms with Gasteiger partial charge in [0.1, 0.15) is 0 Å². The Morgan fingerprint density at radius 1 is 1.80 bits per heavy atom. The minimum Gasteiger partial charge on any atom is -0.385 e. The van der Waals surface area contributed by atoms with Gasteiger partial charge in [0, 0.05) is 20.8 Å². The number of nitrogens with two attached hydrogens (primary N) is 1. The van der Waals surface area contributed by atoms with E-state index in [1.165, 1.54) is 0 Å². The van der Waals surface area contributed by atoms with Gasteiger partial charge in [0.2, 0.25) is 5.91 Å². The molecular formula is C6H14N2O2. The second-order valence-corrected chi connectivity index (χ2v) is 2.00. The van der Waals surface area contributed by atoms with Crippen LogP contribution in [-0.2, 0) is 9.53 Å². The average molecular weight is 146 g/mol. The largest absolute Gasteiger partial charge is 0.385 e.